The molecule has 23 heavy (non-hydrogen) atoms. The van der Waals surface area contributed by atoms with Crippen LogP contribution in [0.15, 0.2) is 53.1 Å². The number of nitrogens with one attached hydrogen (secondary N) is 1. The van der Waals surface area contributed by atoms with E-state index < -0.39 is 6.43 Å². The zero-order valence-electron chi connectivity index (χ0n) is 12.5. The molecule has 2 heterocycles. The molecule has 3 rings (SSSR count). The average molecular weight is 315 g/mol. The molecule has 1 aromatic carbocycles. The van der Waals surface area contributed by atoms with Gasteiger partial charge in [0.15, 0.2) is 0 Å². The fourth-order valence-electron chi connectivity index (χ4n) is 2.11. The molecule has 0 bridgehead atoms. The van der Waals surface area contributed by atoms with Crippen molar-refractivity contribution in [3.8, 4) is 11.3 Å². The number of furan rings is 1. The number of nitrogens with zero attached hydrogens (tertiary/aromatic N) is 2. The highest BCUT2D eigenvalue weighted by atomic mass is 19.3. The first kappa shape index (κ1) is 15.1. The molecule has 1 N–H and O–H groups in total. The van der Waals surface area contributed by atoms with Crippen LogP contribution in [0.1, 0.15) is 23.4 Å². The molecule has 0 radical (unpaired) electrons. The summed E-state index contributed by atoms with van der Waals surface area (Å²) in [6.07, 6.45) is -1.11. The summed E-state index contributed by atoms with van der Waals surface area (Å²) >= 11 is 0. The van der Waals surface area contributed by atoms with Crippen LogP contribution >= 0.6 is 0 Å². The van der Waals surface area contributed by atoms with Crippen LogP contribution in [0.25, 0.3) is 11.3 Å². The predicted octanol–water partition coefficient (Wildman–Crippen LogP) is 4.59. The van der Waals surface area contributed by atoms with E-state index in [-0.39, 0.29) is 11.6 Å². The van der Waals surface area contributed by atoms with E-state index in [0.717, 1.165) is 11.1 Å². The van der Waals surface area contributed by atoms with E-state index in [1.165, 1.54) is 6.07 Å². The third-order valence-electron chi connectivity index (χ3n) is 3.32. The van der Waals surface area contributed by atoms with E-state index in [4.69, 9.17) is 4.42 Å². The zero-order valence-corrected chi connectivity index (χ0v) is 12.5. The lowest BCUT2D eigenvalue weighted by Crippen LogP contribution is -2.06. The minimum Gasteiger partial charge on any atom is -0.467 e. The number of hydrogen-bond donors (Lipinski definition) is 1. The van der Waals surface area contributed by atoms with Crippen LogP contribution in [0.3, 0.4) is 0 Å². The van der Waals surface area contributed by atoms with Gasteiger partial charge in [0.05, 0.1) is 18.5 Å². The number of aromatic nitrogens is 2. The number of anilines is 1. The summed E-state index contributed by atoms with van der Waals surface area (Å²) in [7, 11) is 0. The Bertz CT molecular complexity index is 771. The van der Waals surface area contributed by atoms with Gasteiger partial charge in [0.2, 0.25) is 5.95 Å². The van der Waals surface area contributed by atoms with Crippen LogP contribution < -0.4 is 5.32 Å². The third-order valence-corrected chi connectivity index (χ3v) is 3.32. The zero-order chi connectivity index (χ0) is 16.2. The highest BCUT2D eigenvalue weighted by Gasteiger charge is 2.14. The lowest BCUT2D eigenvalue weighted by atomic mass is 10.1. The number of aryl methyl sites for hydroxylation is 1. The van der Waals surface area contributed by atoms with Crippen molar-refractivity contribution >= 4 is 5.95 Å². The van der Waals surface area contributed by atoms with Crippen molar-refractivity contribution in [2.45, 2.75) is 19.9 Å². The Hall–Kier alpha value is -2.76. The maximum absolute atomic E-state index is 13.1. The summed E-state index contributed by atoms with van der Waals surface area (Å²) in [4.78, 5) is 8.18. The van der Waals surface area contributed by atoms with E-state index in [0.29, 0.717) is 18.0 Å². The molecule has 0 saturated heterocycles. The van der Waals surface area contributed by atoms with Crippen LogP contribution in [0.4, 0.5) is 14.7 Å². The quantitative estimate of drug-likeness (QED) is 0.748. The van der Waals surface area contributed by atoms with Crippen molar-refractivity contribution in [3.05, 3.63) is 65.7 Å². The minimum atomic E-state index is -2.66. The third kappa shape index (κ3) is 3.71. The molecule has 0 spiro atoms. The Labute approximate surface area is 132 Å². The first-order chi connectivity index (χ1) is 11.1. The van der Waals surface area contributed by atoms with Crippen molar-refractivity contribution < 1.29 is 13.2 Å². The monoisotopic (exact) mass is 315 g/mol. The highest BCUT2D eigenvalue weighted by Crippen LogP contribution is 2.25. The number of hydrogen-bond acceptors (Lipinski definition) is 4. The Balaban J connectivity index is 1.91. The lowest BCUT2D eigenvalue weighted by molar-refractivity contribution is 0.146. The minimum absolute atomic E-state index is 0.148. The van der Waals surface area contributed by atoms with Crippen molar-refractivity contribution in [2.24, 2.45) is 0 Å². The number of alkyl halides is 2. The van der Waals surface area contributed by atoms with Crippen LogP contribution in [-0.2, 0) is 6.54 Å². The van der Waals surface area contributed by atoms with Crippen molar-refractivity contribution in [3.63, 3.8) is 0 Å². The summed E-state index contributed by atoms with van der Waals surface area (Å²) < 4.78 is 31.4. The first-order valence-electron chi connectivity index (χ1n) is 7.12. The van der Waals surface area contributed by atoms with Crippen molar-refractivity contribution in [2.75, 3.05) is 5.32 Å². The van der Waals surface area contributed by atoms with Gasteiger partial charge < -0.3 is 9.73 Å². The number of rotatable bonds is 5. The molecule has 3 aromatic rings. The van der Waals surface area contributed by atoms with Gasteiger partial charge in [-0.1, -0.05) is 29.8 Å². The molecule has 0 aliphatic carbocycles. The first-order valence-corrected chi connectivity index (χ1v) is 7.12. The normalized spacial score (nSPS) is 11.0. The van der Waals surface area contributed by atoms with Gasteiger partial charge in [-0.2, -0.15) is 0 Å². The van der Waals surface area contributed by atoms with Crippen molar-refractivity contribution in [1.82, 2.24) is 9.97 Å². The van der Waals surface area contributed by atoms with Crippen LogP contribution in [0.2, 0.25) is 0 Å². The summed E-state index contributed by atoms with van der Waals surface area (Å²) in [5.74, 6) is 0.822. The number of halogens is 2. The SMILES string of the molecule is Cc1ccc(-c2cc(C(F)F)nc(NCc3ccco3)n2)cc1. The van der Waals surface area contributed by atoms with E-state index >= 15 is 0 Å². The van der Waals surface area contributed by atoms with Gasteiger partial charge in [0.25, 0.3) is 6.43 Å². The van der Waals surface area contributed by atoms with Gasteiger partial charge in [0, 0.05) is 5.56 Å². The average Bonchev–Trinajstić information content (AvgIpc) is 3.07. The van der Waals surface area contributed by atoms with Gasteiger partial charge in [0.1, 0.15) is 11.5 Å². The summed E-state index contributed by atoms with van der Waals surface area (Å²) in [5, 5.41) is 2.91. The molecule has 6 heteroatoms. The highest BCUT2D eigenvalue weighted by molar-refractivity contribution is 5.61. The molecule has 0 unspecified atom stereocenters. The fraction of sp³-hybridized carbons (Fsp3) is 0.176. The van der Waals surface area contributed by atoms with Gasteiger partial charge in [-0.15, -0.1) is 0 Å². The second-order valence-corrected chi connectivity index (χ2v) is 5.10. The molecule has 2 aromatic heterocycles. The summed E-state index contributed by atoms with van der Waals surface area (Å²) in [6, 6.07) is 12.4. The van der Waals surface area contributed by atoms with Gasteiger partial charge in [-0.05, 0) is 25.1 Å². The topological polar surface area (TPSA) is 51.0 Å². The molecular weight excluding hydrogens is 300 g/mol. The summed E-state index contributed by atoms with van der Waals surface area (Å²) in [6.45, 7) is 2.29. The second-order valence-electron chi connectivity index (χ2n) is 5.10. The Kier molecular flexibility index (Phi) is 4.32. The van der Waals surface area contributed by atoms with Crippen LogP contribution in [0.5, 0.6) is 0 Å². The molecule has 0 fully saturated rings. The molecular formula is C17H15F2N3O. The lowest BCUT2D eigenvalue weighted by Gasteiger charge is -2.09. The Morgan fingerprint density at radius 3 is 2.57 bits per heavy atom. The Morgan fingerprint density at radius 2 is 1.91 bits per heavy atom. The van der Waals surface area contributed by atoms with E-state index in [1.807, 2.05) is 31.2 Å². The van der Waals surface area contributed by atoms with Crippen LogP contribution in [-0.4, -0.2) is 9.97 Å². The largest absolute Gasteiger partial charge is 0.467 e. The van der Waals surface area contributed by atoms with Gasteiger partial charge >= 0.3 is 0 Å². The molecule has 0 saturated carbocycles. The van der Waals surface area contributed by atoms with E-state index in [2.05, 4.69) is 15.3 Å². The smallest absolute Gasteiger partial charge is 0.280 e. The maximum atomic E-state index is 13.1. The fourth-order valence-corrected chi connectivity index (χ4v) is 2.11. The molecule has 118 valence electrons. The molecule has 0 amide bonds. The van der Waals surface area contributed by atoms with E-state index in [1.54, 1.807) is 18.4 Å². The second kappa shape index (κ2) is 6.56. The standard InChI is InChI=1S/C17H15F2N3O/c1-11-4-6-12(7-5-11)14-9-15(16(18)19)22-17(21-14)20-10-13-3-2-8-23-13/h2-9,16H,10H2,1H3,(H,20,21,22). The molecule has 0 aliphatic rings. The molecule has 0 aliphatic heterocycles. The van der Waals surface area contributed by atoms with Gasteiger partial charge in [-0.3, -0.25) is 0 Å². The molecule has 4 nitrogen and oxygen atoms in total. The molecule has 0 atom stereocenters. The van der Waals surface area contributed by atoms with Crippen LogP contribution in [0, 0.1) is 6.92 Å². The van der Waals surface area contributed by atoms with Crippen molar-refractivity contribution in [1.29, 1.82) is 0 Å². The number of benzene rings is 1. The van der Waals surface area contributed by atoms with E-state index in [9.17, 15) is 8.78 Å². The van der Waals surface area contributed by atoms with Gasteiger partial charge in [-0.25, -0.2) is 18.7 Å². The maximum Gasteiger partial charge on any atom is 0.280 e. The predicted molar refractivity (Wildman–Crippen MR) is 83.2 cm³/mol. The summed E-state index contributed by atoms with van der Waals surface area (Å²) in [5.41, 5.74) is 2.00. The Morgan fingerprint density at radius 1 is 1.13 bits per heavy atom.